The summed E-state index contributed by atoms with van der Waals surface area (Å²) in [5.74, 6) is 0. The van der Waals surface area contributed by atoms with E-state index in [0.29, 0.717) is 11.9 Å². The van der Waals surface area contributed by atoms with Crippen LogP contribution in [0.5, 0.6) is 0 Å². The minimum absolute atomic E-state index is 0.185. The molecule has 0 saturated carbocycles. The summed E-state index contributed by atoms with van der Waals surface area (Å²) >= 11 is 0. The summed E-state index contributed by atoms with van der Waals surface area (Å²) in [6, 6.07) is 8.29. The van der Waals surface area contributed by atoms with Gasteiger partial charge in [-0.25, -0.2) is 8.42 Å². The first kappa shape index (κ1) is 15.8. The Kier molecular flexibility index (Phi) is 4.01. The van der Waals surface area contributed by atoms with Crippen LogP contribution >= 0.6 is 0 Å². The molecule has 0 N–H and O–H groups in total. The summed E-state index contributed by atoms with van der Waals surface area (Å²) < 4.78 is 61.5. The monoisotopic (exact) mass is 320 g/mol. The second-order valence-electron chi connectivity index (χ2n) is 5.00. The van der Waals surface area contributed by atoms with E-state index in [1.54, 1.807) is 30.3 Å². The lowest BCUT2D eigenvalue weighted by Gasteiger charge is -2.35. The zero-order chi connectivity index (χ0) is 15.7. The standard InChI is InChI=1S/C13H15F3N2O2S/c1-21(19,20)12(13(14,15)16)7-8-17-10-18(9-12)11-5-3-2-4-6-11/h2-6,10H,7-9H2,1H3. The molecular formula is C13H15F3N2O2S. The average Bonchev–Trinajstić information content (AvgIpc) is 2.62. The number of para-hydroxylation sites is 1. The van der Waals surface area contributed by atoms with Crippen molar-refractivity contribution in [1.82, 2.24) is 0 Å². The van der Waals surface area contributed by atoms with Crippen molar-refractivity contribution in [3.63, 3.8) is 0 Å². The molecule has 8 heteroatoms. The highest BCUT2D eigenvalue weighted by Crippen LogP contribution is 2.41. The first-order valence-corrected chi connectivity index (χ1v) is 8.14. The number of rotatable bonds is 2. The third kappa shape index (κ3) is 2.90. The second-order valence-corrected chi connectivity index (χ2v) is 7.33. The van der Waals surface area contributed by atoms with Crippen molar-refractivity contribution in [2.75, 3.05) is 24.2 Å². The molecule has 1 heterocycles. The van der Waals surface area contributed by atoms with E-state index in [0.717, 1.165) is 0 Å². The maximum absolute atomic E-state index is 13.5. The third-order valence-corrected chi connectivity index (χ3v) is 5.59. The number of benzene rings is 1. The number of alkyl halides is 3. The Labute approximate surface area is 121 Å². The molecule has 2 rings (SSSR count). The lowest BCUT2D eigenvalue weighted by molar-refractivity contribution is -0.159. The molecule has 0 saturated heterocycles. The highest BCUT2D eigenvalue weighted by Gasteiger charge is 2.62. The van der Waals surface area contributed by atoms with Crippen LogP contribution in [0.15, 0.2) is 35.3 Å². The van der Waals surface area contributed by atoms with E-state index in [2.05, 4.69) is 4.99 Å². The van der Waals surface area contributed by atoms with Gasteiger partial charge in [-0.05, 0) is 18.6 Å². The quantitative estimate of drug-likeness (QED) is 0.840. The SMILES string of the molecule is CS(=O)(=O)C1(C(F)(F)F)CCN=CN(c2ccccc2)C1. The van der Waals surface area contributed by atoms with Crippen LogP contribution in [-0.2, 0) is 9.84 Å². The van der Waals surface area contributed by atoms with Crippen molar-refractivity contribution in [1.29, 1.82) is 0 Å². The van der Waals surface area contributed by atoms with Gasteiger partial charge in [0, 0.05) is 18.5 Å². The van der Waals surface area contributed by atoms with Gasteiger partial charge in [-0.2, -0.15) is 13.2 Å². The second kappa shape index (κ2) is 5.32. The van der Waals surface area contributed by atoms with Crippen LogP contribution in [0, 0.1) is 0 Å². The lowest BCUT2D eigenvalue weighted by atomic mass is 10.0. The zero-order valence-corrected chi connectivity index (χ0v) is 12.2. The van der Waals surface area contributed by atoms with Gasteiger partial charge in [-0.15, -0.1) is 0 Å². The molecular weight excluding hydrogens is 305 g/mol. The molecule has 1 unspecified atom stereocenters. The van der Waals surface area contributed by atoms with Crippen LogP contribution in [0.2, 0.25) is 0 Å². The molecule has 1 aromatic carbocycles. The number of halogens is 3. The van der Waals surface area contributed by atoms with Crippen molar-refractivity contribution >= 4 is 21.9 Å². The van der Waals surface area contributed by atoms with Crippen LogP contribution in [0.4, 0.5) is 18.9 Å². The normalized spacial score (nSPS) is 23.9. The Bertz CT molecular complexity index is 629. The number of sulfone groups is 1. The Morgan fingerprint density at radius 3 is 2.38 bits per heavy atom. The van der Waals surface area contributed by atoms with E-state index in [4.69, 9.17) is 0 Å². The topological polar surface area (TPSA) is 49.7 Å². The summed E-state index contributed by atoms with van der Waals surface area (Å²) in [6.07, 6.45) is -3.53. The fourth-order valence-electron chi connectivity index (χ4n) is 2.32. The third-order valence-electron chi connectivity index (χ3n) is 3.61. The molecule has 1 atom stereocenters. The molecule has 0 radical (unpaired) electrons. The number of nitrogens with zero attached hydrogens (tertiary/aromatic N) is 2. The molecule has 1 aliphatic rings. The molecule has 0 bridgehead atoms. The van der Waals surface area contributed by atoms with Gasteiger partial charge in [0.2, 0.25) is 0 Å². The van der Waals surface area contributed by atoms with Gasteiger partial charge >= 0.3 is 6.18 Å². The molecule has 0 aromatic heterocycles. The number of hydrogen-bond donors (Lipinski definition) is 0. The van der Waals surface area contributed by atoms with Crippen LogP contribution in [-0.4, -0.2) is 45.0 Å². The van der Waals surface area contributed by atoms with Crippen molar-refractivity contribution in [3.05, 3.63) is 30.3 Å². The van der Waals surface area contributed by atoms with Crippen molar-refractivity contribution < 1.29 is 21.6 Å². The number of aliphatic imine (C=N–C) groups is 1. The van der Waals surface area contributed by atoms with Crippen LogP contribution < -0.4 is 4.90 Å². The molecule has 0 aliphatic carbocycles. The maximum Gasteiger partial charge on any atom is 0.409 e. The Balaban J connectivity index is 2.50. The van der Waals surface area contributed by atoms with E-state index < -0.39 is 33.7 Å². The van der Waals surface area contributed by atoms with Crippen LogP contribution in [0.3, 0.4) is 0 Å². The van der Waals surface area contributed by atoms with Gasteiger partial charge < -0.3 is 4.90 Å². The predicted molar refractivity (Wildman–Crippen MR) is 75.4 cm³/mol. The molecule has 1 aliphatic heterocycles. The van der Waals surface area contributed by atoms with Gasteiger partial charge in [0.05, 0.1) is 12.9 Å². The van der Waals surface area contributed by atoms with Crippen molar-refractivity contribution in [2.24, 2.45) is 4.99 Å². The fourth-order valence-corrected chi connectivity index (χ4v) is 3.57. The van der Waals surface area contributed by atoms with Gasteiger partial charge in [0.15, 0.2) is 14.6 Å². The highest BCUT2D eigenvalue weighted by molar-refractivity contribution is 7.92. The zero-order valence-electron chi connectivity index (χ0n) is 11.3. The Morgan fingerprint density at radius 1 is 1.24 bits per heavy atom. The van der Waals surface area contributed by atoms with Crippen LogP contribution in [0.25, 0.3) is 0 Å². The molecule has 4 nitrogen and oxygen atoms in total. The minimum atomic E-state index is -4.86. The van der Waals surface area contributed by atoms with Gasteiger partial charge in [-0.3, -0.25) is 4.99 Å². The van der Waals surface area contributed by atoms with Crippen molar-refractivity contribution in [3.8, 4) is 0 Å². The van der Waals surface area contributed by atoms with Gasteiger partial charge in [0.1, 0.15) is 0 Å². The average molecular weight is 320 g/mol. The summed E-state index contributed by atoms with van der Waals surface area (Å²) in [5.41, 5.74) is 0.473. The van der Waals surface area contributed by atoms with E-state index in [9.17, 15) is 21.6 Å². The smallest absolute Gasteiger partial charge is 0.331 e. The first-order valence-electron chi connectivity index (χ1n) is 6.25. The Hall–Kier alpha value is -1.57. The van der Waals surface area contributed by atoms with E-state index in [-0.39, 0.29) is 6.54 Å². The number of hydrogen-bond acceptors (Lipinski definition) is 4. The number of anilines is 1. The van der Waals surface area contributed by atoms with Crippen molar-refractivity contribution in [2.45, 2.75) is 17.3 Å². The predicted octanol–water partition coefficient (Wildman–Crippen LogP) is 2.27. The maximum atomic E-state index is 13.5. The molecule has 0 fully saturated rings. The Morgan fingerprint density at radius 2 is 1.86 bits per heavy atom. The summed E-state index contributed by atoms with van der Waals surface area (Å²) in [6.45, 7) is -0.876. The molecule has 21 heavy (non-hydrogen) atoms. The summed E-state index contributed by atoms with van der Waals surface area (Å²) in [5, 5.41) is 0. The molecule has 1 aromatic rings. The molecule has 0 amide bonds. The summed E-state index contributed by atoms with van der Waals surface area (Å²) in [4.78, 5) is 5.13. The largest absolute Gasteiger partial charge is 0.409 e. The summed E-state index contributed by atoms with van der Waals surface area (Å²) in [7, 11) is -4.36. The van der Waals surface area contributed by atoms with Gasteiger partial charge in [-0.1, -0.05) is 18.2 Å². The first-order chi connectivity index (χ1) is 9.67. The molecule has 0 spiro atoms. The lowest BCUT2D eigenvalue weighted by Crippen LogP contribution is -2.58. The van der Waals surface area contributed by atoms with E-state index >= 15 is 0 Å². The minimum Gasteiger partial charge on any atom is -0.331 e. The highest BCUT2D eigenvalue weighted by atomic mass is 32.2. The van der Waals surface area contributed by atoms with Crippen LogP contribution in [0.1, 0.15) is 6.42 Å². The molecule has 116 valence electrons. The fraction of sp³-hybridized carbons (Fsp3) is 0.462. The van der Waals surface area contributed by atoms with Gasteiger partial charge in [0.25, 0.3) is 0 Å². The van der Waals surface area contributed by atoms with E-state index in [1.165, 1.54) is 11.2 Å². The van der Waals surface area contributed by atoms with E-state index in [1.807, 2.05) is 0 Å².